The number of ketones is 1. The van der Waals surface area contributed by atoms with Gasteiger partial charge in [0.15, 0.2) is 18.1 Å². The number of fused-ring (bicyclic) bond motifs is 1. The Morgan fingerprint density at radius 3 is 2.24 bits per heavy atom. The molecule has 34 heavy (non-hydrogen) atoms. The van der Waals surface area contributed by atoms with E-state index in [1.165, 1.54) is 18.2 Å². The highest BCUT2D eigenvalue weighted by atomic mass is 19.2. The van der Waals surface area contributed by atoms with Crippen molar-refractivity contribution in [2.75, 3.05) is 6.61 Å². The standard InChI is InChI=1S/C23H13F5O6/c1-9-5-12(7-13-16(9)22(30)14(34-13)6-11-4-3-10(2)32-11)33-15(29)8-31-23-20(27)18(25)17(24)19(26)21(23)28/h3-7H,8H2,1-2H3/b14-6-. The fourth-order valence-electron chi connectivity index (χ4n) is 3.20. The van der Waals surface area contributed by atoms with Crippen molar-refractivity contribution < 1.29 is 50.2 Å². The summed E-state index contributed by atoms with van der Waals surface area (Å²) in [7, 11) is 0. The molecule has 1 aliphatic heterocycles. The molecule has 176 valence electrons. The van der Waals surface area contributed by atoms with Gasteiger partial charge in [-0.15, -0.1) is 0 Å². The summed E-state index contributed by atoms with van der Waals surface area (Å²) in [5.74, 6) is -13.5. The first kappa shape index (κ1) is 23.0. The molecule has 0 saturated carbocycles. The maximum absolute atomic E-state index is 13.7. The minimum absolute atomic E-state index is 0.0226. The van der Waals surface area contributed by atoms with E-state index in [4.69, 9.17) is 13.9 Å². The molecule has 11 heteroatoms. The average molecular weight is 480 g/mol. The number of carbonyl (C=O) groups excluding carboxylic acids is 2. The number of halogens is 5. The largest absolute Gasteiger partial charge is 0.476 e. The third kappa shape index (κ3) is 4.12. The molecule has 0 bridgehead atoms. The van der Waals surface area contributed by atoms with E-state index in [2.05, 4.69) is 4.74 Å². The molecule has 6 nitrogen and oxygen atoms in total. The second-order valence-electron chi connectivity index (χ2n) is 7.16. The highest BCUT2D eigenvalue weighted by molar-refractivity contribution is 6.15. The summed E-state index contributed by atoms with van der Waals surface area (Å²) in [5.41, 5.74) is 0.622. The highest BCUT2D eigenvalue weighted by Gasteiger charge is 2.31. The van der Waals surface area contributed by atoms with Gasteiger partial charge in [0.05, 0.1) is 5.56 Å². The first-order chi connectivity index (χ1) is 16.1. The summed E-state index contributed by atoms with van der Waals surface area (Å²) < 4.78 is 87.3. The van der Waals surface area contributed by atoms with Crippen LogP contribution in [-0.4, -0.2) is 18.4 Å². The number of ether oxygens (including phenoxy) is 3. The highest BCUT2D eigenvalue weighted by Crippen LogP contribution is 2.38. The number of carbonyl (C=O) groups is 2. The van der Waals surface area contributed by atoms with Crippen LogP contribution in [0, 0.1) is 42.9 Å². The Kier molecular flexibility index (Phi) is 5.86. The van der Waals surface area contributed by atoms with Crippen LogP contribution in [0.15, 0.2) is 34.4 Å². The lowest BCUT2D eigenvalue weighted by Crippen LogP contribution is -2.19. The Morgan fingerprint density at radius 1 is 0.971 bits per heavy atom. The fraction of sp³-hybridized carbons (Fsp3) is 0.130. The van der Waals surface area contributed by atoms with Gasteiger partial charge in [0.2, 0.25) is 34.9 Å². The lowest BCUT2D eigenvalue weighted by atomic mass is 10.0. The molecule has 0 saturated heterocycles. The maximum atomic E-state index is 13.7. The van der Waals surface area contributed by atoms with Crippen LogP contribution in [0.1, 0.15) is 27.4 Å². The molecule has 1 aliphatic rings. The molecular weight excluding hydrogens is 467 g/mol. The normalized spacial score (nSPS) is 13.7. The Hall–Kier alpha value is -4.15. The van der Waals surface area contributed by atoms with Gasteiger partial charge in [-0.3, -0.25) is 4.79 Å². The molecule has 2 heterocycles. The first-order valence-electron chi connectivity index (χ1n) is 9.57. The summed E-state index contributed by atoms with van der Waals surface area (Å²) in [6.45, 7) is 2.12. The Labute approximate surface area is 188 Å². The van der Waals surface area contributed by atoms with Gasteiger partial charge in [0.1, 0.15) is 23.0 Å². The molecule has 0 N–H and O–H groups in total. The third-order valence-electron chi connectivity index (χ3n) is 4.71. The number of allylic oxidation sites excluding steroid dienone is 1. The smallest absolute Gasteiger partial charge is 0.349 e. The lowest BCUT2D eigenvalue weighted by Gasteiger charge is -2.11. The third-order valence-corrected chi connectivity index (χ3v) is 4.71. The van der Waals surface area contributed by atoms with E-state index in [-0.39, 0.29) is 22.8 Å². The van der Waals surface area contributed by atoms with Crippen molar-refractivity contribution in [2.24, 2.45) is 0 Å². The minimum atomic E-state index is -2.36. The van der Waals surface area contributed by atoms with Crippen molar-refractivity contribution >= 4 is 17.8 Å². The van der Waals surface area contributed by atoms with Crippen LogP contribution >= 0.6 is 0 Å². The quantitative estimate of drug-likeness (QED) is 0.125. The van der Waals surface area contributed by atoms with Crippen LogP contribution < -0.4 is 14.2 Å². The Morgan fingerprint density at radius 2 is 1.62 bits per heavy atom. The second-order valence-corrected chi connectivity index (χ2v) is 7.16. The fourth-order valence-corrected chi connectivity index (χ4v) is 3.20. The van der Waals surface area contributed by atoms with Crippen molar-refractivity contribution in [1.29, 1.82) is 0 Å². The number of benzene rings is 2. The van der Waals surface area contributed by atoms with Crippen molar-refractivity contribution in [1.82, 2.24) is 0 Å². The van der Waals surface area contributed by atoms with E-state index < -0.39 is 53.2 Å². The van der Waals surface area contributed by atoms with Gasteiger partial charge < -0.3 is 18.6 Å². The van der Waals surface area contributed by atoms with Crippen molar-refractivity contribution in [2.45, 2.75) is 13.8 Å². The number of furan rings is 1. The second kappa shape index (κ2) is 8.65. The molecule has 0 fully saturated rings. The Bertz CT molecular complexity index is 1350. The topological polar surface area (TPSA) is 75.0 Å². The van der Waals surface area contributed by atoms with E-state index in [1.54, 1.807) is 26.0 Å². The zero-order valence-electron chi connectivity index (χ0n) is 17.4. The van der Waals surface area contributed by atoms with Crippen molar-refractivity contribution in [3.05, 3.63) is 81.8 Å². The Balaban J connectivity index is 1.49. The van der Waals surface area contributed by atoms with Gasteiger partial charge in [-0.1, -0.05) is 0 Å². The van der Waals surface area contributed by atoms with Crippen LogP contribution in [0.4, 0.5) is 22.0 Å². The minimum Gasteiger partial charge on any atom is -0.476 e. The van der Waals surface area contributed by atoms with Crippen LogP contribution in [0.25, 0.3) is 6.08 Å². The SMILES string of the molecule is Cc1ccc(/C=C2\Oc3cc(OC(=O)COc4c(F)c(F)c(F)c(F)c4F)cc(C)c3C2=O)o1. The first-order valence-corrected chi connectivity index (χ1v) is 9.57. The zero-order valence-corrected chi connectivity index (χ0v) is 17.4. The van der Waals surface area contributed by atoms with Crippen LogP contribution in [-0.2, 0) is 4.79 Å². The molecule has 2 aromatic carbocycles. The summed E-state index contributed by atoms with van der Waals surface area (Å²) in [6.07, 6.45) is 1.40. The molecule has 0 atom stereocenters. The number of hydrogen-bond acceptors (Lipinski definition) is 6. The molecule has 0 spiro atoms. The van der Waals surface area contributed by atoms with E-state index in [1.807, 2.05) is 0 Å². The van der Waals surface area contributed by atoms with Gasteiger partial charge >= 0.3 is 5.97 Å². The predicted octanol–water partition coefficient (Wildman–Crippen LogP) is 5.19. The van der Waals surface area contributed by atoms with Gasteiger partial charge in [-0.2, -0.15) is 8.78 Å². The molecule has 4 rings (SSSR count). The summed E-state index contributed by atoms with van der Waals surface area (Å²) in [4.78, 5) is 24.7. The van der Waals surface area contributed by atoms with Crippen molar-refractivity contribution in [3.63, 3.8) is 0 Å². The zero-order chi connectivity index (χ0) is 24.7. The molecule has 3 aromatic rings. The van der Waals surface area contributed by atoms with Crippen molar-refractivity contribution in [3.8, 4) is 17.2 Å². The number of Topliss-reactive ketones (excluding diaryl/α,β-unsaturated/α-hetero) is 1. The molecule has 0 radical (unpaired) electrons. The molecule has 1 aromatic heterocycles. The summed E-state index contributed by atoms with van der Waals surface area (Å²) in [5, 5.41) is 0. The van der Waals surface area contributed by atoms with Gasteiger partial charge in [0, 0.05) is 12.1 Å². The van der Waals surface area contributed by atoms with Crippen LogP contribution in [0.3, 0.4) is 0 Å². The molecule has 0 amide bonds. The van der Waals surface area contributed by atoms with Gasteiger partial charge in [-0.25, -0.2) is 18.0 Å². The number of rotatable bonds is 5. The molecule has 0 unspecified atom stereocenters. The van der Waals surface area contributed by atoms with E-state index in [0.29, 0.717) is 17.1 Å². The van der Waals surface area contributed by atoms with E-state index in [9.17, 15) is 31.5 Å². The number of hydrogen-bond donors (Lipinski definition) is 0. The lowest BCUT2D eigenvalue weighted by molar-refractivity contribution is -0.136. The number of aryl methyl sites for hydroxylation is 2. The predicted molar refractivity (Wildman–Crippen MR) is 105 cm³/mol. The van der Waals surface area contributed by atoms with Crippen LogP contribution in [0.5, 0.6) is 17.2 Å². The summed E-state index contributed by atoms with van der Waals surface area (Å²) in [6, 6.07) is 5.91. The number of esters is 1. The van der Waals surface area contributed by atoms with Gasteiger partial charge in [-0.05, 0) is 37.6 Å². The summed E-state index contributed by atoms with van der Waals surface area (Å²) >= 11 is 0. The molecular formula is C23H13F5O6. The van der Waals surface area contributed by atoms with Crippen LogP contribution in [0.2, 0.25) is 0 Å². The maximum Gasteiger partial charge on any atom is 0.349 e. The average Bonchev–Trinajstić information content (AvgIpc) is 3.33. The van der Waals surface area contributed by atoms with E-state index in [0.717, 1.165) is 0 Å². The molecule has 0 aliphatic carbocycles. The van der Waals surface area contributed by atoms with E-state index >= 15 is 0 Å². The monoisotopic (exact) mass is 480 g/mol. The van der Waals surface area contributed by atoms with Gasteiger partial charge in [0.25, 0.3) is 0 Å².